The molecule has 0 heterocycles. The molecule has 0 radical (unpaired) electrons. The molecule has 0 aliphatic heterocycles. The van der Waals surface area contributed by atoms with Crippen molar-refractivity contribution in [3.63, 3.8) is 0 Å². The second kappa shape index (κ2) is 10.2. The molecule has 0 saturated carbocycles. The zero-order chi connectivity index (χ0) is 20.5. The second-order valence-electron chi connectivity index (χ2n) is 6.04. The summed E-state index contributed by atoms with van der Waals surface area (Å²) in [6.07, 6.45) is 2.98. The Morgan fingerprint density at radius 2 is 1.79 bits per heavy atom. The molecule has 0 amide bonds. The third-order valence-corrected chi connectivity index (χ3v) is 4.14. The number of rotatable bonds is 8. The molecule has 6 nitrogen and oxygen atoms in total. The predicted octanol–water partition coefficient (Wildman–Crippen LogP) is 3.87. The summed E-state index contributed by atoms with van der Waals surface area (Å²) >= 11 is 0. The van der Waals surface area contributed by atoms with Crippen LogP contribution >= 0.6 is 0 Å². The van der Waals surface area contributed by atoms with Gasteiger partial charge in [-0.25, -0.2) is 4.79 Å². The van der Waals surface area contributed by atoms with E-state index in [0.29, 0.717) is 17.1 Å². The molecule has 0 unspecified atom stereocenters. The van der Waals surface area contributed by atoms with E-state index in [1.54, 1.807) is 24.3 Å². The van der Waals surface area contributed by atoms with E-state index in [2.05, 4.69) is 4.74 Å². The van der Waals surface area contributed by atoms with E-state index in [9.17, 15) is 9.59 Å². The van der Waals surface area contributed by atoms with Gasteiger partial charge in [0, 0.05) is 6.08 Å². The highest BCUT2D eigenvalue weighted by Gasteiger charge is 2.11. The highest BCUT2D eigenvalue weighted by molar-refractivity contribution is 5.87. The molecule has 0 bridgehead atoms. The Balaban J connectivity index is 1.94. The van der Waals surface area contributed by atoms with E-state index < -0.39 is 11.9 Å². The summed E-state index contributed by atoms with van der Waals surface area (Å²) in [7, 11) is 2.78. The molecule has 0 saturated heterocycles. The van der Waals surface area contributed by atoms with E-state index >= 15 is 0 Å². The van der Waals surface area contributed by atoms with Gasteiger partial charge in [-0.15, -0.1) is 0 Å². The summed E-state index contributed by atoms with van der Waals surface area (Å²) in [5, 5.41) is 0. The molecular weight excluding hydrogens is 360 g/mol. The molecule has 2 aromatic rings. The Hall–Kier alpha value is -3.28. The molecular formula is C22H24O6. The van der Waals surface area contributed by atoms with Crippen LogP contribution < -0.4 is 14.2 Å². The lowest BCUT2D eigenvalue weighted by atomic mass is 10.1. The van der Waals surface area contributed by atoms with Crippen LogP contribution in [0.25, 0.3) is 6.08 Å². The predicted molar refractivity (Wildman–Crippen MR) is 106 cm³/mol. The first-order valence-electron chi connectivity index (χ1n) is 8.78. The maximum Gasteiger partial charge on any atom is 0.330 e. The minimum atomic E-state index is -0.460. The van der Waals surface area contributed by atoms with Crippen LogP contribution in [0.3, 0.4) is 0 Å². The highest BCUT2D eigenvalue weighted by Crippen LogP contribution is 2.29. The first-order valence-corrected chi connectivity index (χ1v) is 8.78. The van der Waals surface area contributed by atoms with Crippen LogP contribution in [0.15, 0.2) is 42.5 Å². The molecule has 0 aromatic heterocycles. The van der Waals surface area contributed by atoms with Crippen molar-refractivity contribution < 1.29 is 28.5 Å². The number of hydrogen-bond acceptors (Lipinski definition) is 6. The van der Waals surface area contributed by atoms with Gasteiger partial charge in [-0.1, -0.05) is 18.2 Å². The second-order valence-corrected chi connectivity index (χ2v) is 6.04. The van der Waals surface area contributed by atoms with Crippen LogP contribution in [-0.2, 0) is 14.3 Å². The third-order valence-electron chi connectivity index (χ3n) is 4.14. The van der Waals surface area contributed by atoms with Gasteiger partial charge in [0.25, 0.3) is 0 Å². The number of carbonyl (C=O) groups is 2. The minimum Gasteiger partial charge on any atom is -0.493 e. The maximum absolute atomic E-state index is 12.1. The fourth-order valence-electron chi connectivity index (χ4n) is 2.40. The number of ether oxygens (including phenoxy) is 4. The zero-order valence-electron chi connectivity index (χ0n) is 16.5. The van der Waals surface area contributed by atoms with Gasteiger partial charge in [-0.2, -0.15) is 0 Å². The fourth-order valence-corrected chi connectivity index (χ4v) is 2.40. The quantitative estimate of drug-likeness (QED) is 0.391. The van der Waals surface area contributed by atoms with Crippen molar-refractivity contribution in [3.8, 4) is 17.2 Å². The lowest BCUT2D eigenvalue weighted by Crippen LogP contribution is -2.13. The topological polar surface area (TPSA) is 71.1 Å². The minimum absolute atomic E-state index is 0.0977. The standard InChI is InChI=1S/C22H24O6/c1-15-6-5-7-18(16(15)2)27-13-12-22(24)28-19-10-8-17(14-20(19)25-3)9-11-21(23)26-4/h5-11,14H,12-13H2,1-4H3/b11-9+. The van der Waals surface area contributed by atoms with E-state index in [0.717, 1.165) is 16.9 Å². The highest BCUT2D eigenvalue weighted by atomic mass is 16.6. The molecule has 0 N–H and O–H groups in total. The van der Waals surface area contributed by atoms with Gasteiger partial charge in [0.05, 0.1) is 27.2 Å². The first kappa shape index (κ1) is 21.0. The van der Waals surface area contributed by atoms with Crippen LogP contribution in [-0.4, -0.2) is 32.8 Å². The van der Waals surface area contributed by atoms with Gasteiger partial charge >= 0.3 is 11.9 Å². The van der Waals surface area contributed by atoms with Crippen LogP contribution in [0.5, 0.6) is 17.2 Å². The van der Waals surface area contributed by atoms with Crippen LogP contribution in [0.1, 0.15) is 23.1 Å². The van der Waals surface area contributed by atoms with Gasteiger partial charge in [0.15, 0.2) is 11.5 Å². The average Bonchev–Trinajstić information content (AvgIpc) is 2.70. The number of aryl methyl sites for hydroxylation is 1. The SMILES string of the molecule is COC(=O)/C=C/c1ccc(OC(=O)CCOc2cccc(C)c2C)c(OC)c1. The molecule has 0 aliphatic rings. The summed E-state index contributed by atoms with van der Waals surface area (Å²) in [6, 6.07) is 10.8. The number of carbonyl (C=O) groups excluding carboxylic acids is 2. The largest absolute Gasteiger partial charge is 0.493 e. The summed E-state index contributed by atoms with van der Waals surface area (Å²) in [5.41, 5.74) is 2.89. The Bertz CT molecular complexity index is 869. The van der Waals surface area contributed by atoms with Gasteiger partial charge in [0.2, 0.25) is 0 Å². The molecule has 0 spiro atoms. The fraction of sp³-hybridized carbons (Fsp3) is 0.273. The monoisotopic (exact) mass is 384 g/mol. The number of benzene rings is 2. The van der Waals surface area contributed by atoms with Gasteiger partial charge in [-0.05, 0) is 54.8 Å². The summed E-state index contributed by atoms with van der Waals surface area (Å²) < 4.78 is 20.9. The maximum atomic E-state index is 12.1. The van der Waals surface area contributed by atoms with E-state index in [4.69, 9.17) is 14.2 Å². The molecule has 28 heavy (non-hydrogen) atoms. The Labute approximate surface area is 164 Å². The van der Waals surface area contributed by atoms with Crippen molar-refractivity contribution in [2.75, 3.05) is 20.8 Å². The van der Waals surface area contributed by atoms with Crippen molar-refractivity contribution in [2.45, 2.75) is 20.3 Å². The van der Waals surface area contributed by atoms with Crippen molar-refractivity contribution >= 4 is 18.0 Å². The van der Waals surface area contributed by atoms with E-state index in [-0.39, 0.29) is 13.0 Å². The average molecular weight is 384 g/mol. The van der Waals surface area contributed by atoms with Crippen molar-refractivity contribution in [2.24, 2.45) is 0 Å². The summed E-state index contributed by atoms with van der Waals surface area (Å²) in [5.74, 6) is 0.553. The first-order chi connectivity index (χ1) is 13.4. The molecule has 2 rings (SSSR count). The number of hydrogen-bond donors (Lipinski definition) is 0. The number of methoxy groups -OCH3 is 2. The van der Waals surface area contributed by atoms with Crippen molar-refractivity contribution in [1.29, 1.82) is 0 Å². The summed E-state index contributed by atoms with van der Waals surface area (Å²) in [6.45, 7) is 4.20. The molecule has 0 fully saturated rings. The molecule has 0 atom stereocenters. The van der Waals surface area contributed by atoms with Gasteiger partial charge in [-0.3, -0.25) is 4.79 Å². The Kier molecular flexibility index (Phi) is 7.63. The van der Waals surface area contributed by atoms with Crippen molar-refractivity contribution in [1.82, 2.24) is 0 Å². The summed E-state index contributed by atoms with van der Waals surface area (Å²) in [4.78, 5) is 23.3. The van der Waals surface area contributed by atoms with E-state index in [1.807, 2.05) is 32.0 Å². The molecule has 0 aliphatic carbocycles. The van der Waals surface area contributed by atoms with Gasteiger partial charge in [0.1, 0.15) is 5.75 Å². The molecule has 2 aromatic carbocycles. The zero-order valence-corrected chi connectivity index (χ0v) is 16.5. The Morgan fingerprint density at radius 3 is 2.50 bits per heavy atom. The normalized spacial score (nSPS) is 10.6. The Morgan fingerprint density at radius 1 is 1.00 bits per heavy atom. The van der Waals surface area contributed by atoms with Crippen LogP contribution in [0.4, 0.5) is 0 Å². The number of esters is 2. The van der Waals surface area contributed by atoms with E-state index in [1.165, 1.54) is 20.3 Å². The lowest BCUT2D eigenvalue weighted by Gasteiger charge is -2.12. The van der Waals surface area contributed by atoms with Gasteiger partial charge < -0.3 is 18.9 Å². The molecule has 148 valence electrons. The molecule has 6 heteroatoms. The third kappa shape index (κ3) is 5.87. The smallest absolute Gasteiger partial charge is 0.330 e. The van der Waals surface area contributed by atoms with Crippen molar-refractivity contribution in [3.05, 3.63) is 59.2 Å². The van der Waals surface area contributed by atoms with Crippen LogP contribution in [0, 0.1) is 13.8 Å². The van der Waals surface area contributed by atoms with Crippen LogP contribution in [0.2, 0.25) is 0 Å². The lowest BCUT2D eigenvalue weighted by molar-refractivity contribution is -0.135.